The molecular weight excluding hydrogens is 242 g/mol. The molecule has 1 N–H and O–H groups in total. The minimum absolute atomic E-state index is 0.486. The second-order valence-corrected chi connectivity index (χ2v) is 7.42. The normalized spacial score (nSPS) is 23.8. The van der Waals surface area contributed by atoms with Crippen molar-refractivity contribution in [3.8, 4) is 0 Å². The summed E-state index contributed by atoms with van der Waals surface area (Å²) in [5.74, 6) is 0.906. The highest BCUT2D eigenvalue weighted by molar-refractivity contribution is 5.26. The molecule has 1 aromatic carbocycles. The Morgan fingerprint density at radius 3 is 2.15 bits per heavy atom. The van der Waals surface area contributed by atoms with Crippen molar-refractivity contribution in [1.29, 1.82) is 0 Å². The predicted molar refractivity (Wildman–Crippen MR) is 87.9 cm³/mol. The second kappa shape index (κ2) is 6.76. The van der Waals surface area contributed by atoms with Gasteiger partial charge in [-0.15, -0.1) is 0 Å². The lowest BCUT2D eigenvalue weighted by Crippen LogP contribution is -2.36. The first-order valence-electron chi connectivity index (χ1n) is 8.31. The van der Waals surface area contributed by atoms with Crippen LogP contribution in [0, 0.1) is 11.3 Å². The highest BCUT2D eigenvalue weighted by atomic mass is 14.9. The summed E-state index contributed by atoms with van der Waals surface area (Å²) in [5, 5.41) is 3.78. The van der Waals surface area contributed by atoms with Gasteiger partial charge in [0.05, 0.1) is 0 Å². The molecule has 0 spiro atoms. The van der Waals surface area contributed by atoms with Crippen molar-refractivity contribution in [2.24, 2.45) is 11.3 Å². The lowest BCUT2D eigenvalue weighted by Gasteiger charge is -2.37. The van der Waals surface area contributed by atoms with Crippen LogP contribution >= 0.6 is 0 Å². The molecule has 1 saturated carbocycles. The maximum atomic E-state index is 3.78. The Labute approximate surface area is 125 Å². The van der Waals surface area contributed by atoms with Crippen molar-refractivity contribution >= 4 is 0 Å². The van der Waals surface area contributed by atoms with E-state index in [4.69, 9.17) is 0 Å². The Balaban J connectivity index is 1.82. The van der Waals surface area contributed by atoms with Crippen LogP contribution in [-0.2, 0) is 13.0 Å². The number of hydrogen-bond donors (Lipinski definition) is 1. The quantitative estimate of drug-likeness (QED) is 0.819. The molecule has 0 atom stereocenters. The lowest BCUT2D eigenvalue weighted by molar-refractivity contribution is 0.160. The van der Waals surface area contributed by atoms with E-state index in [0.717, 1.165) is 24.9 Å². The van der Waals surface area contributed by atoms with Crippen molar-refractivity contribution in [2.75, 3.05) is 0 Å². The first-order chi connectivity index (χ1) is 9.50. The van der Waals surface area contributed by atoms with Crippen LogP contribution in [-0.4, -0.2) is 6.04 Å². The fourth-order valence-electron chi connectivity index (χ4n) is 3.49. The van der Waals surface area contributed by atoms with E-state index in [9.17, 15) is 0 Å². The summed E-state index contributed by atoms with van der Waals surface area (Å²) in [6.45, 7) is 10.5. The zero-order chi connectivity index (χ0) is 14.6. The van der Waals surface area contributed by atoms with Crippen molar-refractivity contribution in [2.45, 2.75) is 72.4 Å². The predicted octanol–water partition coefficient (Wildman–Crippen LogP) is 4.94. The molecule has 1 aromatic rings. The summed E-state index contributed by atoms with van der Waals surface area (Å²) < 4.78 is 0. The molecule has 112 valence electrons. The van der Waals surface area contributed by atoms with Gasteiger partial charge in [-0.05, 0) is 54.6 Å². The van der Waals surface area contributed by atoms with Crippen molar-refractivity contribution in [3.63, 3.8) is 0 Å². The van der Waals surface area contributed by atoms with Gasteiger partial charge in [0.1, 0.15) is 0 Å². The summed E-state index contributed by atoms with van der Waals surface area (Å²) in [4.78, 5) is 0. The van der Waals surface area contributed by atoms with E-state index in [2.05, 4.69) is 57.3 Å². The molecule has 0 heterocycles. The molecule has 0 aliphatic heterocycles. The fraction of sp³-hybridized carbons (Fsp3) is 0.684. The van der Waals surface area contributed by atoms with Crippen LogP contribution in [0.1, 0.15) is 64.5 Å². The van der Waals surface area contributed by atoms with Gasteiger partial charge in [-0.25, -0.2) is 0 Å². The average molecular weight is 273 g/mol. The summed E-state index contributed by atoms with van der Waals surface area (Å²) >= 11 is 0. The Morgan fingerprint density at radius 2 is 1.60 bits per heavy atom. The highest BCUT2D eigenvalue weighted by Crippen LogP contribution is 2.37. The van der Waals surface area contributed by atoms with Crippen LogP contribution in [0.4, 0.5) is 0 Å². The first kappa shape index (κ1) is 15.6. The van der Waals surface area contributed by atoms with Crippen LogP contribution in [0.5, 0.6) is 0 Å². The third-order valence-electron chi connectivity index (χ3n) is 5.03. The van der Waals surface area contributed by atoms with E-state index in [1.165, 1.54) is 36.8 Å². The van der Waals surface area contributed by atoms with Crippen LogP contribution in [0.15, 0.2) is 24.3 Å². The van der Waals surface area contributed by atoms with Crippen molar-refractivity contribution < 1.29 is 0 Å². The first-order valence-corrected chi connectivity index (χ1v) is 8.31. The Hall–Kier alpha value is -0.820. The smallest absolute Gasteiger partial charge is 0.0210 e. The molecule has 1 fully saturated rings. The number of benzene rings is 1. The van der Waals surface area contributed by atoms with Gasteiger partial charge in [0.15, 0.2) is 0 Å². The maximum Gasteiger partial charge on any atom is 0.0210 e. The van der Waals surface area contributed by atoms with E-state index in [1.807, 2.05) is 0 Å². The fourth-order valence-corrected chi connectivity index (χ4v) is 3.49. The monoisotopic (exact) mass is 273 g/mol. The van der Waals surface area contributed by atoms with E-state index in [0.29, 0.717) is 5.41 Å². The van der Waals surface area contributed by atoms with Gasteiger partial charge >= 0.3 is 0 Å². The van der Waals surface area contributed by atoms with E-state index >= 15 is 0 Å². The minimum atomic E-state index is 0.486. The maximum absolute atomic E-state index is 3.78. The zero-order valence-corrected chi connectivity index (χ0v) is 13.7. The Kier molecular flexibility index (Phi) is 5.26. The van der Waals surface area contributed by atoms with Crippen molar-refractivity contribution in [3.05, 3.63) is 35.4 Å². The molecule has 1 nitrogen and oxygen atoms in total. The van der Waals surface area contributed by atoms with Gasteiger partial charge in [-0.1, -0.05) is 52.0 Å². The van der Waals surface area contributed by atoms with Gasteiger partial charge in [-0.3, -0.25) is 0 Å². The third kappa shape index (κ3) is 4.09. The Morgan fingerprint density at radius 1 is 1.00 bits per heavy atom. The number of aryl methyl sites for hydroxylation is 1. The summed E-state index contributed by atoms with van der Waals surface area (Å²) in [6, 6.07) is 9.56. The van der Waals surface area contributed by atoms with Crippen molar-refractivity contribution in [1.82, 2.24) is 5.32 Å². The van der Waals surface area contributed by atoms with Gasteiger partial charge in [0.25, 0.3) is 0 Å². The Bertz CT molecular complexity index is 408. The number of nitrogens with one attached hydrogen (secondary N) is 1. The number of rotatable bonds is 4. The number of hydrogen-bond acceptors (Lipinski definition) is 1. The lowest BCUT2D eigenvalue weighted by atomic mass is 9.71. The largest absolute Gasteiger partial charge is 0.310 e. The molecule has 0 amide bonds. The van der Waals surface area contributed by atoms with Gasteiger partial charge in [0.2, 0.25) is 0 Å². The molecule has 0 unspecified atom stereocenters. The molecule has 1 heteroatoms. The molecule has 20 heavy (non-hydrogen) atoms. The van der Waals surface area contributed by atoms with Crippen LogP contribution in [0.2, 0.25) is 0 Å². The van der Waals surface area contributed by atoms with Crippen LogP contribution in [0.25, 0.3) is 0 Å². The molecule has 1 aliphatic rings. The SMILES string of the molecule is CCc1ccccc1CNC1CCC(C(C)(C)C)CC1. The van der Waals surface area contributed by atoms with E-state index in [1.54, 1.807) is 0 Å². The van der Waals surface area contributed by atoms with E-state index in [-0.39, 0.29) is 0 Å². The molecular formula is C19H31N. The molecule has 0 saturated heterocycles. The molecule has 0 bridgehead atoms. The zero-order valence-electron chi connectivity index (χ0n) is 13.7. The van der Waals surface area contributed by atoms with Gasteiger partial charge < -0.3 is 5.32 Å². The third-order valence-corrected chi connectivity index (χ3v) is 5.03. The van der Waals surface area contributed by atoms with Gasteiger partial charge in [-0.2, -0.15) is 0 Å². The average Bonchev–Trinajstić information content (AvgIpc) is 2.45. The molecule has 1 aliphatic carbocycles. The molecule has 0 aromatic heterocycles. The van der Waals surface area contributed by atoms with E-state index < -0.39 is 0 Å². The summed E-state index contributed by atoms with van der Waals surface area (Å²) in [5.41, 5.74) is 3.45. The molecule has 2 rings (SSSR count). The topological polar surface area (TPSA) is 12.0 Å². The standard InChI is InChI=1S/C19H31N/c1-5-15-8-6-7-9-16(15)14-20-18-12-10-17(11-13-18)19(2,3)4/h6-9,17-18,20H,5,10-14H2,1-4H3. The van der Waals surface area contributed by atoms with Gasteiger partial charge in [0, 0.05) is 12.6 Å². The molecule has 0 radical (unpaired) electrons. The highest BCUT2D eigenvalue weighted by Gasteiger charge is 2.29. The second-order valence-electron chi connectivity index (χ2n) is 7.42. The minimum Gasteiger partial charge on any atom is -0.310 e. The summed E-state index contributed by atoms with van der Waals surface area (Å²) in [7, 11) is 0. The summed E-state index contributed by atoms with van der Waals surface area (Å²) in [6.07, 6.45) is 6.59. The van der Waals surface area contributed by atoms with Crippen LogP contribution < -0.4 is 5.32 Å². The van der Waals surface area contributed by atoms with Crippen LogP contribution in [0.3, 0.4) is 0 Å².